The molecule has 9 heteroatoms. The van der Waals surface area contributed by atoms with Crippen molar-refractivity contribution in [1.29, 1.82) is 0 Å². The molecule has 4 rings (SSSR count). The summed E-state index contributed by atoms with van der Waals surface area (Å²) in [6, 6.07) is 2.12. The molecule has 3 heterocycles. The van der Waals surface area contributed by atoms with Gasteiger partial charge in [0.1, 0.15) is 18.0 Å². The Hall–Kier alpha value is -2.97. The molecule has 1 aromatic carbocycles. The van der Waals surface area contributed by atoms with Gasteiger partial charge in [0.2, 0.25) is 5.88 Å². The van der Waals surface area contributed by atoms with Crippen LogP contribution in [0, 0.1) is 17.6 Å². The van der Waals surface area contributed by atoms with E-state index >= 15 is 0 Å². The van der Waals surface area contributed by atoms with Crippen molar-refractivity contribution in [1.82, 2.24) is 19.6 Å². The third kappa shape index (κ3) is 2.83. The van der Waals surface area contributed by atoms with E-state index in [1.165, 1.54) is 25.1 Å². The maximum absolute atomic E-state index is 14.9. The van der Waals surface area contributed by atoms with E-state index in [4.69, 9.17) is 9.47 Å². The molecule has 1 saturated heterocycles. The quantitative estimate of drug-likeness (QED) is 0.699. The molecular weight excluding hydrogens is 356 g/mol. The van der Waals surface area contributed by atoms with Crippen molar-refractivity contribution < 1.29 is 18.3 Å². The number of rotatable bonds is 4. The van der Waals surface area contributed by atoms with Crippen molar-refractivity contribution in [3.05, 3.63) is 30.1 Å². The lowest BCUT2D eigenvalue weighted by molar-refractivity contribution is 0.382. The highest BCUT2D eigenvalue weighted by Crippen LogP contribution is 2.42. The molecule has 1 fully saturated rings. The molecule has 0 spiro atoms. The lowest BCUT2D eigenvalue weighted by Gasteiger charge is -2.23. The zero-order valence-corrected chi connectivity index (χ0v) is 15.2. The van der Waals surface area contributed by atoms with Gasteiger partial charge in [-0.05, 0) is 18.4 Å². The lowest BCUT2D eigenvalue weighted by Crippen LogP contribution is -2.24. The van der Waals surface area contributed by atoms with Crippen LogP contribution in [0.5, 0.6) is 11.6 Å². The molecule has 27 heavy (non-hydrogen) atoms. The molecule has 2 aromatic heterocycles. The summed E-state index contributed by atoms with van der Waals surface area (Å²) < 4.78 is 41.1. The Balaban J connectivity index is 2.03. The van der Waals surface area contributed by atoms with Crippen LogP contribution in [-0.2, 0) is 0 Å². The minimum atomic E-state index is -0.671. The van der Waals surface area contributed by atoms with Gasteiger partial charge in [-0.3, -0.25) is 0 Å². The third-order valence-electron chi connectivity index (χ3n) is 4.80. The van der Waals surface area contributed by atoms with Gasteiger partial charge >= 0.3 is 0 Å². The minimum Gasteiger partial charge on any atom is -0.494 e. The van der Waals surface area contributed by atoms with E-state index in [9.17, 15) is 8.78 Å². The molecule has 1 unspecified atom stereocenters. The van der Waals surface area contributed by atoms with Gasteiger partial charge in [0.05, 0.1) is 19.8 Å². The van der Waals surface area contributed by atoms with Crippen molar-refractivity contribution in [2.24, 2.45) is 5.92 Å². The minimum absolute atomic E-state index is 0.0320. The zero-order valence-electron chi connectivity index (χ0n) is 15.2. The van der Waals surface area contributed by atoms with Crippen LogP contribution in [0.25, 0.3) is 16.9 Å². The normalized spacial score (nSPS) is 16.9. The highest BCUT2D eigenvalue weighted by molar-refractivity contribution is 5.82. The van der Waals surface area contributed by atoms with E-state index in [1.54, 1.807) is 0 Å². The van der Waals surface area contributed by atoms with Crippen molar-refractivity contribution in [2.45, 2.75) is 13.3 Å². The Morgan fingerprint density at radius 2 is 1.96 bits per heavy atom. The summed E-state index contributed by atoms with van der Waals surface area (Å²) >= 11 is 0. The highest BCUT2D eigenvalue weighted by atomic mass is 19.1. The van der Waals surface area contributed by atoms with E-state index in [0.29, 0.717) is 23.1 Å². The highest BCUT2D eigenvalue weighted by Gasteiger charge is 2.30. The zero-order chi connectivity index (χ0) is 19.1. The van der Waals surface area contributed by atoms with E-state index in [-0.39, 0.29) is 17.2 Å². The first-order valence-electron chi connectivity index (χ1n) is 8.59. The van der Waals surface area contributed by atoms with Gasteiger partial charge in [-0.25, -0.2) is 8.78 Å². The van der Waals surface area contributed by atoms with Gasteiger partial charge in [0.25, 0.3) is 5.78 Å². The van der Waals surface area contributed by atoms with Crippen molar-refractivity contribution in [3.8, 4) is 22.8 Å². The van der Waals surface area contributed by atoms with Crippen LogP contribution in [0.15, 0.2) is 18.5 Å². The Morgan fingerprint density at radius 1 is 1.15 bits per heavy atom. The smallest absolute Gasteiger partial charge is 0.257 e. The molecular formula is C18H19F2N5O2. The molecule has 0 aliphatic carbocycles. The van der Waals surface area contributed by atoms with E-state index in [1.807, 2.05) is 0 Å². The number of hydrogen-bond acceptors (Lipinski definition) is 6. The number of benzene rings is 1. The van der Waals surface area contributed by atoms with Gasteiger partial charge in [0.15, 0.2) is 11.6 Å². The van der Waals surface area contributed by atoms with Crippen LogP contribution in [0.4, 0.5) is 14.6 Å². The fraction of sp³-hybridized carbons (Fsp3) is 0.389. The summed E-state index contributed by atoms with van der Waals surface area (Å²) in [7, 11) is 2.73. The van der Waals surface area contributed by atoms with Gasteiger partial charge < -0.3 is 14.4 Å². The molecule has 142 valence electrons. The summed E-state index contributed by atoms with van der Waals surface area (Å²) in [5.74, 6) is 0.0707. The van der Waals surface area contributed by atoms with E-state index < -0.39 is 11.6 Å². The number of methoxy groups -OCH3 is 2. The first kappa shape index (κ1) is 17.4. The summed E-state index contributed by atoms with van der Waals surface area (Å²) in [6.45, 7) is 3.66. The summed E-state index contributed by atoms with van der Waals surface area (Å²) in [4.78, 5) is 10.5. The Labute approximate surface area is 154 Å². The molecule has 1 aliphatic heterocycles. The number of aromatic nitrogens is 4. The monoisotopic (exact) mass is 375 g/mol. The number of ether oxygens (including phenoxy) is 2. The first-order chi connectivity index (χ1) is 13.0. The molecule has 3 aromatic rings. The molecule has 0 saturated carbocycles. The van der Waals surface area contributed by atoms with Crippen molar-refractivity contribution in [2.75, 3.05) is 32.2 Å². The van der Waals surface area contributed by atoms with Gasteiger partial charge in [-0.15, -0.1) is 0 Å². The summed E-state index contributed by atoms with van der Waals surface area (Å²) in [5, 5.41) is 4.24. The van der Waals surface area contributed by atoms with Gasteiger partial charge in [-0.2, -0.15) is 19.6 Å². The fourth-order valence-electron chi connectivity index (χ4n) is 3.49. The number of nitrogens with zero attached hydrogens (tertiary/aromatic N) is 5. The second-order valence-electron chi connectivity index (χ2n) is 6.60. The van der Waals surface area contributed by atoms with Crippen molar-refractivity contribution >= 4 is 11.6 Å². The molecule has 1 aliphatic rings. The average Bonchev–Trinajstić information content (AvgIpc) is 3.30. The number of anilines is 1. The second kappa shape index (κ2) is 6.64. The lowest BCUT2D eigenvalue weighted by atomic mass is 10.1. The average molecular weight is 375 g/mol. The maximum Gasteiger partial charge on any atom is 0.257 e. The van der Waals surface area contributed by atoms with Crippen LogP contribution in [0.2, 0.25) is 0 Å². The van der Waals surface area contributed by atoms with Crippen LogP contribution < -0.4 is 14.4 Å². The van der Waals surface area contributed by atoms with Gasteiger partial charge in [0, 0.05) is 24.7 Å². The fourth-order valence-corrected chi connectivity index (χ4v) is 3.49. The maximum atomic E-state index is 14.9. The SMILES string of the molecule is COc1cc(F)c(-c2c(OC)nc3ncnn3c2N2CCC(C)C2)cc1F. The molecule has 0 N–H and O–H groups in total. The third-order valence-corrected chi connectivity index (χ3v) is 4.80. The number of halogens is 2. The Kier molecular flexibility index (Phi) is 4.29. The Morgan fingerprint density at radius 3 is 2.63 bits per heavy atom. The topological polar surface area (TPSA) is 64.8 Å². The summed E-state index contributed by atoms with van der Waals surface area (Å²) in [6.07, 6.45) is 2.36. The van der Waals surface area contributed by atoms with Crippen LogP contribution in [0.1, 0.15) is 13.3 Å². The van der Waals surface area contributed by atoms with Crippen molar-refractivity contribution in [3.63, 3.8) is 0 Å². The van der Waals surface area contributed by atoms with E-state index in [0.717, 1.165) is 31.6 Å². The molecule has 0 amide bonds. The van der Waals surface area contributed by atoms with Crippen LogP contribution in [0.3, 0.4) is 0 Å². The Bertz CT molecular complexity index is 1010. The largest absolute Gasteiger partial charge is 0.494 e. The number of fused-ring (bicyclic) bond motifs is 1. The molecule has 0 radical (unpaired) electrons. The van der Waals surface area contributed by atoms with Crippen LogP contribution >= 0.6 is 0 Å². The standard InChI is InChI=1S/C18H19F2N5O2/c1-10-4-5-24(8-10)17-15(11-6-13(20)14(26-2)7-12(11)19)16(27-3)23-18-21-9-22-25(17)18/h6-7,9-10H,4-5,8H2,1-3H3. The van der Waals surface area contributed by atoms with Crippen LogP contribution in [-0.4, -0.2) is 46.9 Å². The second-order valence-corrected chi connectivity index (χ2v) is 6.60. The van der Waals surface area contributed by atoms with E-state index in [2.05, 4.69) is 26.9 Å². The molecule has 0 bridgehead atoms. The molecule has 7 nitrogen and oxygen atoms in total. The first-order valence-corrected chi connectivity index (χ1v) is 8.59. The predicted octanol–water partition coefficient (Wildman–Crippen LogP) is 2.93. The molecule has 1 atom stereocenters. The number of hydrogen-bond donors (Lipinski definition) is 0. The predicted molar refractivity (Wildman–Crippen MR) is 95.2 cm³/mol. The van der Waals surface area contributed by atoms with Gasteiger partial charge in [-0.1, -0.05) is 6.92 Å². The summed E-state index contributed by atoms with van der Waals surface area (Å²) in [5.41, 5.74) is 0.369.